The van der Waals surface area contributed by atoms with E-state index in [1.807, 2.05) is 12.1 Å². The molecule has 0 unspecified atom stereocenters. The van der Waals surface area contributed by atoms with Crippen LogP contribution in [0.1, 0.15) is 30.9 Å². The molecule has 3 heteroatoms. The molecule has 1 aromatic rings. The van der Waals surface area contributed by atoms with Gasteiger partial charge in [0.05, 0.1) is 0 Å². The highest BCUT2D eigenvalue weighted by atomic mass is 16.4. The number of nitrogens with zero attached hydrogens (tertiary/aromatic N) is 1. The summed E-state index contributed by atoms with van der Waals surface area (Å²) in [5.74, 6) is 0.252. The fourth-order valence-corrected chi connectivity index (χ4v) is 1.52. The van der Waals surface area contributed by atoms with E-state index in [0.29, 0.717) is 6.42 Å². The van der Waals surface area contributed by atoms with Crippen LogP contribution in [0.25, 0.3) is 0 Å². The summed E-state index contributed by atoms with van der Waals surface area (Å²) in [4.78, 5) is 0. The first-order valence-corrected chi connectivity index (χ1v) is 5.30. The molecular formula is C12H18N2O. The first kappa shape index (κ1) is 11.6. The number of nitrogens with two attached hydrogens (primary N) is 1. The molecule has 0 fully saturated rings. The Morgan fingerprint density at radius 3 is 2.80 bits per heavy atom. The molecule has 0 aliphatic carbocycles. The van der Waals surface area contributed by atoms with Crippen molar-refractivity contribution in [1.29, 1.82) is 0 Å². The van der Waals surface area contributed by atoms with Crippen molar-refractivity contribution in [2.45, 2.75) is 32.6 Å². The van der Waals surface area contributed by atoms with Crippen LogP contribution in [0.15, 0.2) is 29.4 Å². The van der Waals surface area contributed by atoms with Crippen molar-refractivity contribution in [2.75, 3.05) is 0 Å². The average Bonchev–Trinajstić information content (AvgIpc) is 2.26. The van der Waals surface area contributed by atoms with E-state index < -0.39 is 0 Å². The predicted molar refractivity (Wildman–Crippen MR) is 62.2 cm³/mol. The zero-order valence-electron chi connectivity index (χ0n) is 9.11. The van der Waals surface area contributed by atoms with Crippen molar-refractivity contribution in [3.63, 3.8) is 0 Å². The summed E-state index contributed by atoms with van der Waals surface area (Å²) in [5.41, 5.74) is 7.87. The molecule has 3 N–H and O–H groups in total. The standard InChI is InChI=1S/C12H18N2O/c1-2-3-5-10-6-4-7-11(8-10)9-12(13)14-15/h4,6-8,15H,2-3,5,9H2,1H3,(H2,13,14). The largest absolute Gasteiger partial charge is 0.409 e. The molecule has 0 amide bonds. The average molecular weight is 206 g/mol. The number of unbranched alkanes of at least 4 members (excludes halogenated alkanes) is 1. The van der Waals surface area contributed by atoms with Gasteiger partial charge in [-0.2, -0.15) is 0 Å². The van der Waals surface area contributed by atoms with Crippen molar-refractivity contribution in [1.82, 2.24) is 0 Å². The van der Waals surface area contributed by atoms with Gasteiger partial charge in [0.25, 0.3) is 0 Å². The lowest BCUT2D eigenvalue weighted by molar-refractivity contribution is 0.317. The molecule has 0 radical (unpaired) electrons. The second-order valence-electron chi connectivity index (χ2n) is 3.69. The van der Waals surface area contributed by atoms with Crippen molar-refractivity contribution in [3.05, 3.63) is 35.4 Å². The smallest absolute Gasteiger partial charge is 0.143 e. The van der Waals surface area contributed by atoms with Crippen molar-refractivity contribution >= 4 is 5.84 Å². The molecule has 0 aliphatic rings. The molecule has 3 nitrogen and oxygen atoms in total. The van der Waals surface area contributed by atoms with Gasteiger partial charge in [-0.3, -0.25) is 0 Å². The van der Waals surface area contributed by atoms with Gasteiger partial charge in [0.1, 0.15) is 5.84 Å². The summed E-state index contributed by atoms with van der Waals surface area (Å²) >= 11 is 0. The minimum Gasteiger partial charge on any atom is -0.409 e. The van der Waals surface area contributed by atoms with E-state index in [1.165, 1.54) is 18.4 Å². The highest BCUT2D eigenvalue weighted by molar-refractivity contribution is 5.82. The maximum Gasteiger partial charge on any atom is 0.143 e. The molecule has 0 atom stereocenters. The van der Waals surface area contributed by atoms with E-state index >= 15 is 0 Å². The summed E-state index contributed by atoms with van der Waals surface area (Å²) in [5, 5.41) is 11.4. The Hall–Kier alpha value is -1.51. The van der Waals surface area contributed by atoms with E-state index in [1.54, 1.807) is 0 Å². The molecule has 0 saturated carbocycles. The van der Waals surface area contributed by atoms with Gasteiger partial charge >= 0.3 is 0 Å². The van der Waals surface area contributed by atoms with Crippen LogP contribution >= 0.6 is 0 Å². The summed E-state index contributed by atoms with van der Waals surface area (Å²) in [6.45, 7) is 2.18. The molecule has 0 aliphatic heterocycles. The van der Waals surface area contributed by atoms with Crippen molar-refractivity contribution in [3.8, 4) is 0 Å². The number of hydrogen-bond acceptors (Lipinski definition) is 2. The van der Waals surface area contributed by atoms with Crippen LogP contribution in [0.4, 0.5) is 0 Å². The molecule has 0 spiro atoms. The van der Waals surface area contributed by atoms with E-state index in [9.17, 15) is 0 Å². The lowest BCUT2D eigenvalue weighted by atomic mass is 10.0. The van der Waals surface area contributed by atoms with Crippen LogP contribution in [0.2, 0.25) is 0 Å². The van der Waals surface area contributed by atoms with E-state index in [2.05, 4.69) is 24.2 Å². The number of amidine groups is 1. The highest BCUT2D eigenvalue weighted by Crippen LogP contribution is 2.09. The monoisotopic (exact) mass is 206 g/mol. The maximum atomic E-state index is 8.47. The lowest BCUT2D eigenvalue weighted by Gasteiger charge is -2.03. The van der Waals surface area contributed by atoms with Gasteiger partial charge in [0.2, 0.25) is 0 Å². The van der Waals surface area contributed by atoms with Gasteiger partial charge in [-0.15, -0.1) is 0 Å². The Labute approximate surface area is 90.6 Å². The molecule has 0 heterocycles. The second kappa shape index (κ2) is 6.06. The Morgan fingerprint density at radius 1 is 1.40 bits per heavy atom. The molecule has 0 bridgehead atoms. The van der Waals surface area contributed by atoms with Crippen molar-refractivity contribution in [2.24, 2.45) is 10.9 Å². The topological polar surface area (TPSA) is 58.6 Å². The lowest BCUT2D eigenvalue weighted by Crippen LogP contribution is -2.14. The first-order chi connectivity index (χ1) is 7.26. The van der Waals surface area contributed by atoms with E-state index in [-0.39, 0.29) is 5.84 Å². The minimum absolute atomic E-state index is 0.252. The quantitative estimate of drug-likeness (QED) is 0.336. The highest BCUT2D eigenvalue weighted by Gasteiger charge is 1.99. The van der Waals surface area contributed by atoms with Crippen LogP contribution in [0.3, 0.4) is 0 Å². The van der Waals surface area contributed by atoms with E-state index in [4.69, 9.17) is 10.9 Å². The number of aryl methyl sites for hydroxylation is 1. The Kier molecular flexibility index (Phi) is 4.68. The van der Waals surface area contributed by atoms with Gasteiger partial charge in [-0.1, -0.05) is 42.8 Å². The van der Waals surface area contributed by atoms with Crippen LogP contribution < -0.4 is 5.73 Å². The third-order valence-electron chi connectivity index (χ3n) is 2.32. The number of oxime groups is 1. The summed E-state index contributed by atoms with van der Waals surface area (Å²) in [6, 6.07) is 8.25. The Bertz CT molecular complexity index is 334. The number of benzene rings is 1. The van der Waals surface area contributed by atoms with Crippen LogP contribution in [0.5, 0.6) is 0 Å². The molecule has 82 valence electrons. The molecule has 1 rings (SSSR count). The predicted octanol–water partition coefficient (Wildman–Crippen LogP) is 2.32. The third-order valence-corrected chi connectivity index (χ3v) is 2.32. The van der Waals surface area contributed by atoms with Gasteiger partial charge in [-0.25, -0.2) is 0 Å². The molecule has 1 aromatic carbocycles. The van der Waals surface area contributed by atoms with Crippen molar-refractivity contribution < 1.29 is 5.21 Å². The zero-order valence-corrected chi connectivity index (χ0v) is 9.11. The van der Waals surface area contributed by atoms with Crippen LogP contribution in [-0.2, 0) is 12.8 Å². The SMILES string of the molecule is CCCCc1cccc(CC(N)=NO)c1. The zero-order chi connectivity index (χ0) is 11.1. The Morgan fingerprint density at radius 2 is 2.13 bits per heavy atom. The molecule has 15 heavy (non-hydrogen) atoms. The van der Waals surface area contributed by atoms with Crippen LogP contribution in [-0.4, -0.2) is 11.0 Å². The Balaban J connectivity index is 2.65. The van der Waals surface area contributed by atoms with E-state index in [0.717, 1.165) is 12.0 Å². The number of hydrogen-bond donors (Lipinski definition) is 2. The summed E-state index contributed by atoms with van der Waals surface area (Å²) in [7, 11) is 0. The number of rotatable bonds is 5. The fraction of sp³-hybridized carbons (Fsp3) is 0.417. The first-order valence-electron chi connectivity index (χ1n) is 5.30. The summed E-state index contributed by atoms with van der Waals surface area (Å²) < 4.78 is 0. The van der Waals surface area contributed by atoms with Gasteiger partial charge < -0.3 is 10.9 Å². The molecule has 0 saturated heterocycles. The van der Waals surface area contributed by atoms with Gasteiger partial charge in [0, 0.05) is 6.42 Å². The van der Waals surface area contributed by atoms with Crippen LogP contribution in [0, 0.1) is 0 Å². The maximum absolute atomic E-state index is 8.47. The van der Waals surface area contributed by atoms with Gasteiger partial charge in [0.15, 0.2) is 0 Å². The van der Waals surface area contributed by atoms with Gasteiger partial charge in [-0.05, 0) is 24.0 Å². The molecular weight excluding hydrogens is 188 g/mol. The second-order valence-corrected chi connectivity index (χ2v) is 3.69. The fourth-order valence-electron chi connectivity index (χ4n) is 1.52. The minimum atomic E-state index is 0.252. The molecule has 0 aromatic heterocycles. The third kappa shape index (κ3) is 4.02. The summed E-state index contributed by atoms with van der Waals surface area (Å²) in [6.07, 6.45) is 4.01. The normalized spacial score (nSPS) is 11.7.